The summed E-state index contributed by atoms with van der Waals surface area (Å²) in [5.41, 5.74) is 5.46. The molecular formula is C11H20F3N3O. The molecule has 0 radical (unpaired) electrons. The minimum atomic E-state index is -4.33. The van der Waals surface area contributed by atoms with E-state index in [1.807, 2.05) is 0 Å². The molecule has 106 valence electrons. The van der Waals surface area contributed by atoms with E-state index in [1.165, 1.54) is 18.7 Å². The zero-order chi connectivity index (χ0) is 13.9. The predicted octanol–water partition coefficient (Wildman–Crippen LogP) is 0.819. The molecule has 0 aromatic heterocycles. The third-order valence-corrected chi connectivity index (χ3v) is 3.20. The Morgan fingerprint density at radius 3 is 2.28 bits per heavy atom. The number of carbonyl (C=O) groups is 1. The fourth-order valence-electron chi connectivity index (χ4n) is 2.37. The molecule has 0 saturated carbocycles. The minimum Gasteiger partial charge on any atom is -0.342 e. The number of nitrogens with two attached hydrogens (primary N) is 1. The molecule has 0 aromatic rings. The number of amides is 1. The number of carbonyl (C=O) groups excluding carboxylic acids is 1. The third kappa shape index (κ3) is 3.84. The van der Waals surface area contributed by atoms with Gasteiger partial charge in [-0.1, -0.05) is 0 Å². The number of alkyl halides is 3. The van der Waals surface area contributed by atoms with Gasteiger partial charge in [0.05, 0.1) is 0 Å². The molecule has 1 rings (SSSR count). The normalized spacial score (nSPS) is 22.4. The molecule has 7 heteroatoms. The molecule has 1 heterocycles. The molecule has 18 heavy (non-hydrogen) atoms. The number of halogens is 3. The van der Waals surface area contributed by atoms with Crippen molar-refractivity contribution in [1.82, 2.24) is 9.80 Å². The van der Waals surface area contributed by atoms with Crippen molar-refractivity contribution in [2.24, 2.45) is 5.73 Å². The lowest BCUT2D eigenvalue weighted by Crippen LogP contribution is -2.55. The van der Waals surface area contributed by atoms with Gasteiger partial charge in [-0.15, -0.1) is 0 Å². The Hall–Kier alpha value is -0.820. The summed E-state index contributed by atoms with van der Waals surface area (Å²) in [6.07, 6.45) is -3.79. The van der Waals surface area contributed by atoms with Crippen molar-refractivity contribution in [2.45, 2.75) is 38.5 Å². The van der Waals surface area contributed by atoms with Gasteiger partial charge in [0.1, 0.15) is 6.04 Å². The van der Waals surface area contributed by atoms with Gasteiger partial charge in [-0.05, 0) is 13.3 Å². The van der Waals surface area contributed by atoms with Gasteiger partial charge < -0.3 is 10.6 Å². The van der Waals surface area contributed by atoms with E-state index in [0.29, 0.717) is 26.1 Å². The van der Waals surface area contributed by atoms with Gasteiger partial charge in [-0.3, -0.25) is 9.69 Å². The number of nitrogens with zero attached hydrogens (tertiary/aromatic N) is 2. The lowest BCUT2D eigenvalue weighted by Gasteiger charge is -2.34. The fourth-order valence-corrected chi connectivity index (χ4v) is 2.37. The Bertz CT molecular complexity index is 294. The van der Waals surface area contributed by atoms with Gasteiger partial charge >= 0.3 is 6.18 Å². The van der Waals surface area contributed by atoms with Crippen LogP contribution in [0.5, 0.6) is 0 Å². The van der Waals surface area contributed by atoms with Crippen LogP contribution in [0.2, 0.25) is 0 Å². The summed E-state index contributed by atoms with van der Waals surface area (Å²) < 4.78 is 38.8. The van der Waals surface area contributed by atoms with E-state index in [9.17, 15) is 18.0 Å². The van der Waals surface area contributed by atoms with Crippen molar-refractivity contribution in [2.75, 3.05) is 26.2 Å². The van der Waals surface area contributed by atoms with Crippen LogP contribution >= 0.6 is 0 Å². The summed E-state index contributed by atoms with van der Waals surface area (Å²) in [5.74, 6) is -0.0961. The van der Waals surface area contributed by atoms with Gasteiger partial charge in [-0.25, -0.2) is 0 Å². The van der Waals surface area contributed by atoms with Crippen LogP contribution in [0.4, 0.5) is 13.2 Å². The summed E-state index contributed by atoms with van der Waals surface area (Å²) in [6.45, 7) is 4.17. The van der Waals surface area contributed by atoms with Crippen LogP contribution < -0.4 is 5.73 Å². The van der Waals surface area contributed by atoms with Gasteiger partial charge in [0.25, 0.3) is 0 Å². The van der Waals surface area contributed by atoms with E-state index < -0.39 is 18.3 Å². The Balaban J connectivity index is 2.73. The van der Waals surface area contributed by atoms with E-state index in [4.69, 9.17) is 5.73 Å². The first kappa shape index (κ1) is 15.2. The Morgan fingerprint density at radius 1 is 1.22 bits per heavy atom. The second kappa shape index (κ2) is 5.88. The average molecular weight is 267 g/mol. The van der Waals surface area contributed by atoms with Crippen LogP contribution in [0.3, 0.4) is 0 Å². The monoisotopic (exact) mass is 267 g/mol. The molecule has 1 aliphatic heterocycles. The molecule has 2 unspecified atom stereocenters. The summed E-state index contributed by atoms with van der Waals surface area (Å²) in [4.78, 5) is 14.1. The smallest absolute Gasteiger partial charge is 0.342 e. The largest absolute Gasteiger partial charge is 0.405 e. The first-order valence-corrected chi connectivity index (χ1v) is 6.05. The fraction of sp³-hybridized carbons (Fsp3) is 0.909. The molecule has 1 aliphatic rings. The topological polar surface area (TPSA) is 49.6 Å². The van der Waals surface area contributed by atoms with Crippen LogP contribution in [-0.4, -0.2) is 60.1 Å². The number of hydrogen-bond acceptors (Lipinski definition) is 3. The van der Waals surface area contributed by atoms with Gasteiger partial charge in [0.2, 0.25) is 5.91 Å². The minimum absolute atomic E-state index is 0.0961. The first-order valence-electron chi connectivity index (χ1n) is 6.05. The number of rotatable bonds is 2. The van der Waals surface area contributed by atoms with E-state index in [0.717, 1.165) is 0 Å². The molecule has 2 atom stereocenters. The van der Waals surface area contributed by atoms with Crippen molar-refractivity contribution in [3.8, 4) is 0 Å². The van der Waals surface area contributed by atoms with Crippen molar-refractivity contribution >= 4 is 5.91 Å². The Kier molecular flexibility index (Phi) is 4.98. The maximum Gasteiger partial charge on any atom is 0.405 e. The molecule has 2 N–H and O–H groups in total. The summed E-state index contributed by atoms with van der Waals surface area (Å²) in [5, 5.41) is 0. The van der Waals surface area contributed by atoms with E-state index in [1.54, 1.807) is 4.90 Å². The van der Waals surface area contributed by atoms with Crippen LogP contribution in [0.1, 0.15) is 20.3 Å². The summed E-state index contributed by atoms with van der Waals surface area (Å²) in [7, 11) is 0. The maximum absolute atomic E-state index is 12.9. The van der Waals surface area contributed by atoms with Crippen LogP contribution in [-0.2, 0) is 4.79 Å². The standard InChI is InChI=1S/C11H20F3N3O/c1-8(15)10(11(12,13)14)17-5-3-4-16(6-7-17)9(2)18/h8,10H,3-7,15H2,1-2H3. The highest BCUT2D eigenvalue weighted by Gasteiger charge is 2.45. The Morgan fingerprint density at radius 2 is 1.83 bits per heavy atom. The lowest BCUT2D eigenvalue weighted by atomic mass is 10.1. The molecule has 4 nitrogen and oxygen atoms in total. The zero-order valence-corrected chi connectivity index (χ0v) is 10.7. The molecule has 1 fully saturated rings. The maximum atomic E-state index is 12.9. The second-order valence-electron chi connectivity index (χ2n) is 4.74. The molecule has 0 bridgehead atoms. The predicted molar refractivity (Wildman–Crippen MR) is 61.9 cm³/mol. The molecule has 1 saturated heterocycles. The molecular weight excluding hydrogens is 247 g/mol. The van der Waals surface area contributed by atoms with Gasteiger partial charge in [0, 0.05) is 39.1 Å². The second-order valence-corrected chi connectivity index (χ2v) is 4.74. The molecule has 0 spiro atoms. The summed E-state index contributed by atoms with van der Waals surface area (Å²) >= 11 is 0. The van der Waals surface area contributed by atoms with Crippen LogP contribution in [0.25, 0.3) is 0 Å². The van der Waals surface area contributed by atoms with E-state index in [-0.39, 0.29) is 12.5 Å². The van der Waals surface area contributed by atoms with Crippen molar-refractivity contribution in [3.05, 3.63) is 0 Å². The molecule has 1 amide bonds. The van der Waals surface area contributed by atoms with Crippen LogP contribution in [0, 0.1) is 0 Å². The molecule has 0 aromatic carbocycles. The first-order chi connectivity index (χ1) is 8.23. The van der Waals surface area contributed by atoms with Gasteiger partial charge in [-0.2, -0.15) is 13.2 Å². The van der Waals surface area contributed by atoms with E-state index in [2.05, 4.69) is 0 Å². The van der Waals surface area contributed by atoms with Gasteiger partial charge in [0.15, 0.2) is 0 Å². The highest BCUT2D eigenvalue weighted by Crippen LogP contribution is 2.27. The Labute approximate surface area is 105 Å². The van der Waals surface area contributed by atoms with Crippen molar-refractivity contribution < 1.29 is 18.0 Å². The third-order valence-electron chi connectivity index (χ3n) is 3.20. The zero-order valence-electron chi connectivity index (χ0n) is 10.7. The summed E-state index contributed by atoms with van der Waals surface area (Å²) in [6, 6.07) is -2.61. The average Bonchev–Trinajstić information content (AvgIpc) is 2.40. The number of hydrogen-bond donors (Lipinski definition) is 1. The van der Waals surface area contributed by atoms with Crippen LogP contribution in [0.15, 0.2) is 0 Å². The highest BCUT2D eigenvalue weighted by atomic mass is 19.4. The molecule has 0 aliphatic carbocycles. The lowest BCUT2D eigenvalue weighted by molar-refractivity contribution is -0.187. The van der Waals surface area contributed by atoms with Crippen molar-refractivity contribution in [1.29, 1.82) is 0 Å². The quantitative estimate of drug-likeness (QED) is 0.806. The van der Waals surface area contributed by atoms with Crippen molar-refractivity contribution in [3.63, 3.8) is 0 Å². The SMILES string of the molecule is CC(=O)N1CCCN(C(C(C)N)C(F)(F)F)CC1. The van der Waals surface area contributed by atoms with E-state index >= 15 is 0 Å². The highest BCUT2D eigenvalue weighted by molar-refractivity contribution is 5.73.